The number of piperazine rings is 1. The summed E-state index contributed by atoms with van der Waals surface area (Å²) in [5, 5.41) is 10.4. The van der Waals surface area contributed by atoms with E-state index in [1.165, 1.54) is 0 Å². The van der Waals surface area contributed by atoms with Crippen molar-refractivity contribution in [1.82, 2.24) is 14.8 Å². The minimum absolute atomic E-state index is 0.0251. The van der Waals surface area contributed by atoms with Crippen LogP contribution >= 0.6 is 0 Å². The van der Waals surface area contributed by atoms with E-state index in [9.17, 15) is 22.8 Å². The predicted octanol–water partition coefficient (Wildman–Crippen LogP) is 2.27. The number of nitrogens with one attached hydrogen (secondary N) is 1. The normalized spacial score (nSPS) is 18.0. The van der Waals surface area contributed by atoms with E-state index in [0.717, 1.165) is 44.8 Å². The number of fused-ring (bicyclic) bond motifs is 1. The standard InChI is InChI=1S/C19H21N3O2.C2HF3O2/c23-18(14-4-2-1-3-5-14)17-7-6-16-15(8-11-22(16)17)19(24)21-12-9-20-10-13-21;3-2(4,5)1(6)7/h1-7,15,20H,8-13H2;(H,6,7). The van der Waals surface area contributed by atoms with Gasteiger partial charge in [-0.1, -0.05) is 30.3 Å². The number of hydrogen-bond donors (Lipinski definition) is 2. The first kappa shape index (κ1) is 22.5. The second-order valence-electron chi connectivity index (χ2n) is 7.21. The molecule has 3 heterocycles. The van der Waals surface area contributed by atoms with Crippen LogP contribution in [0.4, 0.5) is 13.2 Å². The Labute approximate surface area is 176 Å². The van der Waals surface area contributed by atoms with Crippen LogP contribution in [0.1, 0.15) is 34.1 Å². The average Bonchev–Trinajstić information content (AvgIpc) is 3.36. The summed E-state index contributed by atoms with van der Waals surface area (Å²) in [6.45, 7) is 3.99. The van der Waals surface area contributed by atoms with Gasteiger partial charge in [-0.05, 0) is 18.6 Å². The number of hydrogen-bond acceptors (Lipinski definition) is 4. The number of alkyl halides is 3. The van der Waals surface area contributed by atoms with Crippen LogP contribution in [0.5, 0.6) is 0 Å². The Kier molecular flexibility index (Phi) is 6.79. The Morgan fingerprint density at radius 2 is 1.58 bits per heavy atom. The van der Waals surface area contributed by atoms with E-state index in [0.29, 0.717) is 11.3 Å². The highest BCUT2D eigenvalue weighted by Gasteiger charge is 2.38. The van der Waals surface area contributed by atoms with Crippen LogP contribution in [0.25, 0.3) is 0 Å². The summed E-state index contributed by atoms with van der Waals surface area (Å²) in [6.07, 6.45) is -4.30. The van der Waals surface area contributed by atoms with Crippen molar-refractivity contribution in [2.45, 2.75) is 25.1 Å². The minimum Gasteiger partial charge on any atom is -0.475 e. The van der Waals surface area contributed by atoms with Gasteiger partial charge in [0.05, 0.1) is 11.6 Å². The number of rotatable bonds is 3. The smallest absolute Gasteiger partial charge is 0.475 e. The number of aliphatic carboxylic acids is 1. The van der Waals surface area contributed by atoms with Gasteiger partial charge in [0.15, 0.2) is 0 Å². The molecule has 4 rings (SSSR count). The molecule has 1 fully saturated rings. The van der Waals surface area contributed by atoms with E-state index in [1.54, 1.807) is 0 Å². The van der Waals surface area contributed by atoms with Crippen molar-refractivity contribution < 1.29 is 32.7 Å². The van der Waals surface area contributed by atoms with Crippen LogP contribution in [0.15, 0.2) is 42.5 Å². The Morgan fingerprint density at radius 1 is 0.968 bits per heavy atom. The molecule has 2 N–H and O–H groups in total. The van der Waals surface area contributed by atoms with Crippen molar-refractivity contribution in [3.8, 4) is 0 Å². The summed E-state index contributed by atoms with van der Waals surface area (Å²) >= 11 is 0. The van der Waals surface area contributed by atoms with E-state index in [2.05, 4.69) is 5.32 Å². The fourth-order valence-electron chi connectivity index (χ4n) is 3.73. The van der Waals surface area contributed by atoms with Crippen LogP contribution in [-0.2, 0) is 16.1 Å². The summed E-state index contributed by atoms with van der Waals surface area (Å²) in [7, 11) is 0. The third kappa shape index (κ3) is 5.13. The SMILES string of the molecule is O=C(O)C(F)(F)F.O=C(c1ccccc1)c1ccc2n1CCC2C(=O)N1CCNCC1. The van der Waals surface area contributed by atoms with Crippen LogP contribution in [0.2, 0.25) is 0 Å². The average molecular weight is 437 g/mol. The van der Waals surface area contributed by atoms with Crippen molar-refractivity contribution in [3.63, 3.8) is 0 Å². The number of benzene rings is 1. The minimum atomic E-state index is -5.08. The summed E-state index contributed by atoms with van der Waals surface area (Å²) in [4.78, 5) is 36.4. The molecule has 2 aromatic rings. The molecule has 166 valence electrons. The number of amides is 1. The molecule has 1 atom stereocenters. The number of halogens is 3. The Hall–Kier alpha value is -3.14. The summed E-state index contributed by atoms with van der Waals surface area (Å²) in [6, 6.07) is 13.1. The molecule has 1 aromatic carbocycles. The molecule has 0 aliphatic carbocycles. The Bertz CT molecular complexity index is 951. The topological polar surface area (TPSA) is 91.6 Å². The lowest BCUT2D eigenvalue weighted by atomic mass is 10.0. The van der Waals surface area contributed by atoms with Crippen molar-refractivity contribution in [1.29, 1.82) is 0 Å². The number of carbonyl (C=O) groups is 3. The third-order valence-corrected chi connectivity index (χ3v) is 5.25. The van der Waals surface area contributed by atoms with Gasteiger partial charge in [-0.25, -0.2) is 4.79 Å². The van der Waals surface area contributed by atoms with Crippen molar-refractivity contribution in [2.75, 3.05) is 26.2 Å². The molecule has 0 radical (unpaired) electrons. The van der Waals surface area contributed by atoms with Crippen molar-refractivity contribution >= 4 is 17.7 Å². The third-order valence-electron chi connectivity index (χ3n) is 5.25. The van der Waals surface area contributed by atoms with E-state index in [1.807, 2.05) is 51.9 Å². The van der Waals surface area contributed by atoms with E-state index < -0.39 is 12.1 Å². The molecule has 0 bridgehead atoms. The van der Waals surface area contributed by atoms with E-state index in [4.69, 9.17) is 9.90 Å². The molecule has 10 heteroatoms. The van der Waals surface area contributed by atoms with Gasteiger partial charge < -0.3 is 19.9 Å². The summed E-state index contributed by atoms with van der Waals surface area (Å²) in [5.74, 6) is -2.64. The maximum absolute atomic E-state index is 12.8. The molecule has 31 heavy (non-hydrogen) atoms. The lowest BCUT2D eigenvalue weighted by Gasteiger charge is -2.29. The number of aromatic nitrogens is 1. The van der Waals surface area contributed by atoms with Crippen LogP contribution < -0.4 is 5.32 Å². The predicted molar refractivity (Wildman–Crippen MR) is 105 cm³/mol. The zero-order valence-electron chi connectivity index (χ0n) is 16.6. The van der Waals surface area contributed by atoms with Gasteiger partial charge in [0.25, 0.3) is 0 Å². The first-order valence-corrected chi connectivity index (χ1v) is 9.79. The summed E-state index contributed by atoms with van der Waals surface area (Å²) < 4.78 is 33.8. The number of nitrogens with zero attached hydrogens (tertiary/aromatic N) is 2. The van der Waals surface area contributed by atoms with Crippen LogP contribution in [0.3, 0.4) is 0 Å². The van der Waals surface area contributed by atoms with Gasteiger partial charge in [-0.15, -0.1) is 0 Å². The first-order valence-electron chi connectivity index (χ1n) is 9.79. The lowest BCUT2D eigenvalue weighted by molar-refractivity contribution is -0.192. The quantitative estimate of drug-likeness (QED) is 0.719. The fourth-order valence-corrected chi connectivity index (χ4v) is 3.73. The number of carboxylic acid groups (broad SMARTS) is 1. The fraction of sp³-hybridized carbons (Fsp3) is 0.381. The van der Waals surface area contributed by atoms with Gasteiger partial charge in [-0.2, -0.15) is 13.2 Å². The number of ketones is 1. The number of carbonyl (C=O) groups excluding carboxylic acids is 2. The molecule has 7 nitrogen and oxygen atoms in total. The zero-order valence-corrected chi connectivity index (χ0v) is 16.6. The molecule has 0 saturated carbocycles. The van der Waals surface area contributed by atoms with E-state index in [-0.39, 0.29) is 17.6 Å². The molecule has 1 saturated heterocycles. The first-order chi connectivity index (χ1) is 14.7. The highest BCUT2D eigenvalue weighted by atomic mass is 19.4. The molecule has 1 amide bonds. The largest absolute Gasteiger partial charge is 0.490 e. The molecular weight excluding hydrogens is 415 g/mol. The maximum atomic E-state index is 12.8. The van der Waals surface area contributed by atoms with Crippen molar-refractivity contribution in [2.24, 2.45) is 0 Å². The van der Waals surface area contributed by atoms with Crippen LogP contribution in [0, 0.1) is 0 Å². The molecule has 1 unspecified atom stereocenters. The maximum Gasteiger partial charge on any atom is 0.490 e. The second kappa shape index (κ2) is 9.34. The highest BCUT2D eigenvalue weighted by Crippen LogP contribution is 2.33. The number of carboxylic acids is 1. The molecular formula is C21H22F3N3O4. The van der Waals surface area contributed by atoms with Crippen molar-refractivity contribution in [3.05, 3.63) is 59.4 Å². The molecule has 2 aliphatic heterocycles. The van der Waals surface area contributed by atoms with Crippen LogP contribution in [-0.4, -0.2) is 64.6 Å². The molecule has 1 aromatic heterocycles. The van der Waals surface area contributed by atoms with Gasteiger partial charge in [0, 0.05) is 44.0 Å². The van der Waals surface area contributed by atoms with Gasteiger partial charge in [-0.3, -0.25) is 9.59 Å². The van der Waals surface area contributed by atoms with E-state index >= 15 is 0 Å². The molecule has 0 spiro atoms. The molecule has 2 aliphatic rings. The zero-order chi connectivity index (χ0) is 22.6. The van der Waals surface area contributed by atoms with Gasteiger partial charge in [0.1, 0.15) is 0 Å². The Morgan fingerprint density at radius 3 is 2.16 bits per heavy atom. The Balaban J connectivity index is 0.000000339. The summed E-state index contributed by atoms with van der Waals surface area (Å²) in [5.41, 5.74) is 2.36. The van der Waals surface area contributed by atoms with Gasteiger partial charge in [0.2, 0.25) is 11.7 Å². The lowest BCUT2D eigenvalue weighted by Crippen LogP contribution is -2.47. The highest BCUT2D eigenvalue weighted by molar-refractivity contribution is 6.08. The second-order valence-corrected chi connectivity index (χ2v) is 7.21. The monoisotopic (exact) mass is 437 g/mol. The van der Waals surface area contributed by atoms with Gasteiger partial charge >= 0.3 is 12.1 Å².